The van der Waals surface area contributed by atoms with E-state index in [0.717, 1.165) is 10.0 Å². The van der Waals surface area contributed by atoms with E-state index < -0.39 is 0 Å². The zero-order valence-corrected chi connectivity index (χ0v) is 10.8. The summed E-state index contributed by atoms with van der Waals surface area (Å²) in [4.78, 5) is 4.35. The van der Waals surface area contributed by atoms with Gasteiger partial charge in [0.15, 0.2) is 0 Å². The lowest BCUT2D eigenvalue weighted by Gasteiger charge is -1.95. The summed E-state index contributed by atoms with van der Waals surface area (Å²) in [5.41, 5.74) is 0.967. The number of nitrogens with zero attached hydrogens (tertiary/aromatic N) is 2. The van der Waals surface area contributed by atoms with Crippen LogP contribution in [0.15, 0.2) is 33.3 Å². The molecule has 3 rings (SSSR count). The highest BCUT2D eigenvalue weighted by molar-refractivity contribution is 9.10. The van der Waals surface area contributed by atoms with Gasteiger partial charge in [0, 0.05) is 16.1 Å². The van der Waals surface area contributed by atoms with Gasteiger partial charge in [-0.3, -0.25) is 0 Å². The number of hydrogen-bond acceptors (Lipinski definition) is 4. The highest BCUT2D eigenvalue weighted by Crippen LogP contribution is 2.21. The Balaban J connectivity index is 1.72. The molecule has 1 heterocycles. The van der Waals surface area contributed by atoms with Crippen LogP contribution in [0.25, 0.3) is 11.4 Å². The maximum atomic E-state index is 5.19. The molecule has 1 aromatic carbocycles. The fraction of sp³-hybridized carbons (Fsp3) is 0.333. The molecule has 1 aliphatic rings. The van der Waals surface area contributed by atoms with Crippen LogP contribution in [0.3, 0.4) is 0 Å². The van der Waals surface area contributed by atoms with Gasteiger partial charge < -0.3 is 9.84 Å². The fourth-order valence-corrected chi connectivity index (χ4v) is 1.83. The van der Waals surface area contributed by atoms with Gasteiger partial charge in [0.1, 0.15) is 0 Å². The number of hydrogen-bond donors (Lipinski definition) is 1. The van der Waals surface area contributed by atoms with Gasteiger partial charge in [-0.15, -0.1) is 0 Å². The van der Waals surface area contributed by atoms with Crippen molar-refractivity contribution in [3.8, 4) is 11.4 Å². The molecule has 5 heteroatoms. The number of rotatable bonds is 4. The minimum absolute atomic E-state index is 0.644. The van der Waals surface area contributed by atoms with Crippen molar-refractivity contribution in [3.05, 3.63) is 34.6 Å². The Labute approximate surface area is 108 Å². The zero-order valence-electron chi connectivity index (χ0n) is 9.19. The maximum absolute atomic E-state index is 5.19. The number of benzene rings is 1. The lowest BCUT2D eigenvalue weighted by molar-refractivity contribution is 0.367. The van der Waals surface area contributed by atoms with E-state index in [4.69, 9.17) is 4.52 Å². The second kappa shape index (κ2) is 4.58. The highest BCUT2D eigenvalue weighted by atomic mass is 79.9. The van der Waals surface area contributed by atoms with Crippen LogP contribution in [-0.4, -0.2) is 16.2 Å². The van der Waals surface area contributed by atoms with E-state index in [1.54, 1.807) is 0 Å². The number of nitrogens with one attached hydrogen (secondary N) is 1. The van der Waals surface area contributed by atoms with Crippen LogP contribution in [0, 0.1) is 0 Å². The van der Waals surface area contributed by atoms with Crippen molar-refractivity contribution in [1.82, 2.24) is 15.5 Å². The summed E-state index contributed by atoms with van der Waals surface area (Å²) in [7, 11) is 0. The first kappa shape index (κ1) is 10.9. The van der Waals surface area contributed by atoms with Crippen molar-refractivity contribution >= 4 is 15.9 Å². The summed E-state index contributed by atoms with van der Waals surface area (Å²) >= 11 is 3.40. The summed E-state index contributed by atoms with van der Waals surface area (Å²) in [6.07, 6.45) is 2.52. The normalized spacial score (nSPS) is 15.1. The Morgan fingerprint density at radius 1 is 1.29 bits per heavy atom. The van der Waals surface area contributed by atoms with Gasteiger partial charge in [-0.05, 0) is 37.1 Å². The largest absolute Gasteiger partial charge is 0.338 e. The van der Waals surface area contributed by atoms with E-state index in [-0.39, 0.29) is 0 Å². The quantitative estimate of drug-likeness (QED) is 0.942. The van der Waals surface area contributed by atoms with Crippen molar-refractivity contribution in [1.29, 1.82) is 0 Å². The first-order chi connectivity index (χ1) is 8.31. The van der Waals surface area contributed by atoms with Gasteiger partial charge in [-0.25, -0.2) is 0 Å². The predicted molar refractivity (Wildman–Crippen MR) is 67.3 cm³/mol. The van der Waals surface area contributed by atoms with E-state index in [1.807, 2.05) is 24.3 Å². The Morgan fingerprint density at radius 3 is 2.76 bits per heavy atom. The van der Waals surface area contributed by atoms with Crippen LogP contribution >= 0.6 is 15.9 Å². The fourth-order valence-electron chi connectivity index (χ4n) is 1.56. The third-order valence-corrected chi connectivity index (χ3v) is 3.22. The molecule has 0 radical (unpaired) electrons. The lowest BCUT2D eigenvalue weighted by atomic mass is 10.2. The van der Waals surface area contributed by atoms with E-state index in [1.165, 1.54) is 12.8 Å². The first-order valence-corrected chi connectivity index (χ1v) is 6.42. The molecular weight excluding hydrogens is 282 g/mol. The molecule has 0 bridgehead atoms. The van der Waals surface area contributed by atoms with Gasteiger partial charge in [-0.1, -0.05) is 21.1 Å². The highest BCUT2D eigenvalue weighted by Gasteiger charge is 2.21. The van der Waals surface area contributed by atoms with Crippen LogP contribution in [0.5, 0.6) is 0 Å². The molecule has 0 atom stereocenters. The Morgan fingerprint density at radius 2 is 2.06 bits per heavy atom. The van der Waals surface area contributed by atoms with Crippen LogP contribution in [0.2, 0.25) is 0 Å². The molecule has 88 valence electrons. The second-order valence-corrected chi connectivity index (χ2v) is 5.09. The molecule has 0 aliphatic heterocycles. The summed E-state index contributed by atoms with van der Waals surface area (Å²) in [5.74, 6) is 1.29. The van der Waals surface area contributed by atoms with Crippen LogP contribution < -0.4 is 5.32 Å². The predicted octanol–water partition coefficient (Wildman–Crippen LogP) is 2.75. The Hall–Kier alpha value is -1.20. The maximum Gasteiger partial charge on any atom is 0.240 e. The SMILES string of the molecule is Brc1ccc(-c2noc(CNC3CC3)n2)cc1. The first-order valence-electron chi connectivity index (χ1n) is 5.63. The minimum Gasteiger partial charge on any atom is -0.338 e. The summed E-state index contributed by atoms with van der Waals surface area (Å²) in [5, 5.41) is 7.32. The van der Waals surface area contributed by atoms with Crippen LogP contribution in [0.4, 0.5) is 0 Å². The monoisotopic (exact) mass is 293 g/mol. The third kappa shape index (κ3) is 2.73. The molecule has 1 aromatic heterocycles. The van der Waals surface area contributed by atoms with Gasteiger partial charge >= 0.3 is 0 Å². The summed E-state index contributed by atoms with van der Waals surface area (Å²) in [6, 6.07) is 8.51. The number of aromatic nitrogens is 2. The van der Waals surface area contributed by atoms with Crippen molar-refractivity contribution in [3.63, 3.8) is 0 Å². The van der Waals surface area contributed by atoms with Gasteiger partial charge in [-0.2, -0.15) is 4.98 Å². The van der Waals surface area contributed by atoms with E-state index >= 15 is 0 Å². The van der Waals surface area contributed by atoms with E-state index in [0.29, 0.717) is 24.3 Å². The average molecular weight is 294 g/mol. The smallest absolute Gasteiger partial charge is 0.240 e. The molecular formula is C12H12BrN3O. The van der Waals surface area contributed by atoms with Crippen molar-refractivity contribution in [2.75, 3.05) is 0 Å². The molecule has 0 unspecified atom stereocenters. The van der Waals surface area contributed by atoms with Crippen LogP contribution in [0.1, 0.15) is 18.7 Å². The lowest BCUT2D eigenvalue weighted by Crippen LogP contribution is -2.15. The van der Waals surface area contributed by atoms with Crippen molar-refractivity contribution < 1.29 is 4.52 Å². The number of halogens is 1. The molecule has 0 spiro atoms. The van der Waals surface area contributed by atoms with E-state index in [2.05, 4.69) is 31.4 Å². The molecule has 1 aliphatic carbocycles. The molecule has 0 saturated heterocycles. The molecule has 1 saturated carbocycles. The van der Waals surface area contributed by atoms with Gasteiger partial charge in [0.2, 0.25) is 11.7 Å². The average Bonchev–Trinajstić information content (AvgIpc) is 3.06. The molecule has 1 N–H and O–H groups in total. The standard InChI is InChI=1S/C12H12BrN3O/c13-9-3-1-8(2-4-9)12-15-11(17-16-12)7-14-10-5-6-10/h1-4,10,14H,5-7H2. The topological polar surface area (TPSA) is 51.0 Å². The van der Waals surface area contributed by atoms with E-state index in [9.17, 15) is 0 Å². The Bertz CT molecular complexity index is 505. The molecule has 4 nitrogen and oxygen atoms in total. The molecule has 0 amide bonds. The molecule has 1 fully saturated rings. The minimum atomic E-state index is 0.644. The van der Waals surface area contributed by atoms with Crippen molar-refractivity contribution in [2.45, 2.75) is 25.4 Å². The summed E-state index contributed by atoms with van der Waals surface area (Å²) < 4.78 is 6.23. The third-order valence-electron chi connectivity index (χ3n) is 2.69. The van der Waals surface area contributed by atoms with Crippen LogP contribution in [-0.2, 0) is 6.54 Å². The van der Waals surface area contributed by atoms with Gasteiger partial charge in [0.25, 0.3) is 0 Å². The molecule has 2 aromatic rings. The second-order valence-electron chi connectivity index (χ2n) is 4.17. The molecule has 17 heavy (non-hydrogen) atoms. The zero-order chi connectivity index (χ0) is 11.7. The summed E-state index contributed by atoms with van der Waals surface area (Å²) in [6.45, 7) is 0.661. The van der Waals surface area contributed by atoms with Crippen molar-refractivity contribution in [2.24, 2.45) is 0 Å². The Kier molecular flexibility index (Phi) is 2.94. The van der Waals surface area contributed by atoms with Gasteiger partial charge in [0.05, 0.1) is 6.54 Å².